The molecule has 7 fully saturated rings. The summed E-state index contributed by atoms with van der Waals surface area (Å²) >= 11 is 6.44. The Labute approximate surface area is 617 Å². The average Bonchev–Trinajstić information content (AvgIpc) is 1.16. The first-order valence-corrected chi connectivity index (χ1v) is 38.6. The second-order valence-electron chi connectivity index (χ2n) is 31.8. The molecule has 30 heteroatoms. The maximum atomic E-state index is 15.6. The highest BCUT2D eigenvalue weighted by Gasteiger charge is 2.54. The highest BCUT2D eigenvalue weighted by Crippen LogP contribution is 2.44. The number of hydrogen-bond donors (Lipinski definition) is 3. The fourth-order valence-corrected chi connectivity index (χ4v) is 17.4. The molecular weight excluding hydrogens is 1380 g/mol. The number of carbonyl (C=O) groups excluding carboxylic acids is 12. The van der Waals surface area contributed by atoms with Gasteiger partial charge >= 0.3 is 6.18 Å². The summed E-state index contributed by atoms with van der Waals surface area (Å²) < 4.78 is 63.2. The smallest absolute Gasteiger partial charge is 0.377 e. The number of fused-ring (bicyclic) bond motifs is 3. The van der Waals surface area contributed by atoms with Crippen LogP contribution in [0.3, 0.4) is 0 Å². The Morgan fingerprint density at radius 2 is 1.28 bits per heavy atom. The van der Waals surface area contributed by atoms with Crippen LogP contribution in [0.25, 0.3) is 0 Å². The quantitative estimate of drug-likeness (QED) is 0.140. The van der Waals surface area contributed by atoms with Crippen LogP contribution in [0.1, 0.15) is 195 Å². The summed E-state index contributed by atoms with van der Waals surface area (Å²) in [5, 5.41) is 7.50. The molecule has 0 aromatic carbocycles. The second kappa shape index (κ2) is 37.4. The predicted molar refractivity (Wildman–Crippen MR) is 381 cm³/mol. The number of alkyl halides is 5. The summed E-state index contributed by atoms with van der Waals surface area (Å²) in [7, 11) is 11.5. The molecule has 3 aliphatic heterocycles. The first kappa shape index (κ1) is 84.9. The molecule has 7 aliphatic rings. The van der Waals surface area contributed by atoms with Crippen LogP contribution < -0.4 is 16.0 Å². The Hall–Kier alpha value is -6.39. The highest BCUT2D eigenvalue weighted by atomic mass is 35.5. The van der Waals surface area contributed by atoms with Gasteiger partial charge in [-0.3, -0.25) is 57.5 Å². The number of halogens is 5. The van der Waals surface area contributed by atoms with E-state index in [1.165, 1.54) is 95.6 Å². The van der Waals surface area contributed by atoms with Crippen LogP contribution in [0.5, 0.6) is 0 Å². The molecule has 7 rings (SSSR count). The highest BCUT2D eigenvalue weighted by molar-refractivity contribution is 6.21. The molecule has 3 heterocycles. The maximum absolute atomic E-state index is 15.6. The van der Waals surface area contributed by atoms with Crippen molar-refractivity contribution in [3.8, 4) is 0 Å². The minimum absolute atomic E-state index is 0.0388. The molecule has 3 saturated heterocycles. The molecule has 104 heavy (non-hydrogen) atoms. The summed E-state index contributed by atoms with van der Waals surface area (Å²) in [4.78, 5) is 192. The number of amides is 12. The third kappa shape index (κ3) is 20.8. The Morgan fingerprint density at radius 1 is 0.644 bits per heavy atom. The summed E-state index contributed by atoms with van der Waals surface area (Å²) in [5.74, 6) is -11.6. The van der Waals surface area contributed by atoms with E-state index in [1.807, 2.05) is 20.8 Å². The van der Waals surface area contributed by atoms with Crippen LogP contribution in [0.15, 0.2) is 0 Å². The van der Waals surface area contributed by atoms with Gasteiger partial charge in [0, 0.05) is 87.9 Å². The van der Waals surface area contributed by atoms with E-state index < -0.39 is 192 Å². The zero-order chi connectivity index (χ0) is 77.0. The van der Waals surface area contributed by atoms with Gasteiger partial charge in [-0.25, -0.2) is 4.39 Å². The van der Waals surface area contributed by atoms with E-state index in [-0.39, 0.29) is 115 Å². The van der Waals surface area contributed by atoms with Gasteiger partial charge in [-0.2, -0.15) is 13.2 Å². The standard InChI is InChI=1S/C74H119ClF4N12O13/c1-14-45(5)62-70(101)85(9)43-61(94)86(10)54-24-17-16-20-35-90(69(54)100)58(38-47-25-29-49(76)30-26-47)68(99)84(8)42-59(92)80-53(32-28-46-27-31-51(52(75)37-46)74(77,78)79)66(97)91-41-50(104-15-2)39-56(91)65(96)82-73(33-21-34-73)72(103)89(13)63(48-22-18-19-23-48)71(102)88(12)57(67(98)83(6)7)40-60(93)87(11)55(36-44(3)4)64(95)81-62/h44-58,62-63H,14-43H2,1-13H3,(H,80,92)(H,81,95)(H,82,96)/t45-,46?,47?,49?,50+,51?,52?,53-,54-,55-,56-,57-,58-,62-,63-/m0/s1. The number of rotatable bonds is 13. The van der Waals surface area contributed by atoms with E-state index >= 15 is 28.8 Å². The molecule has 3 N–H and O–H groups in total. The third-order valence-electron chi connectivity index (χ3n) is 23.7. The molecule has 4 aliphatic carbocycles. The molecule has 25 nitrogen and oxygen atoms in total. The minimum atomic E-state index is -4.54. The largest absolute Gasteiger partial charge is 0.393 e. The van der Waals surface area contributed by atoms with Gasteiger partial charge in [0.15, 0.2) is 0 Å². The molecule has 0 aromatic heterocycles. The fourth-order valence-electron chi connectivity index (χ4n) is 16.9. The van der Waals surface area contributed by atoms with E-state index in [0.717, 1.165) is 17.7 Å². The molecule has 3 unspecified atom stereocenters. The van der Waals surface area contributed by atoms with Crippen molar-refractivity contribution in [2.24, 2.45) is 35.5 Å². The molecule has 1 spiro atoms. The topological polar surface area (TPSA) is 279 Å². The van der Waals surface area contributed by atoms with Gasteiger partial charge in [0.05, 0.1) is 31.5 Å². The summed E-state index contributed by atoms with van der Waals surface area (Å²) in [6.45, 7) is 7.93. The van der Waals surface area contributed by atoms with E-state index in [4.69, 9.17) is 16.3 Å². The van der Waals surface area contributed by atoms with Crippen molar-refractivity contribution in [3.63, 3.8) is 0 Å². The van der Waals surface area contributed by atoms with Crippen molar-refractivity contribution in [3.05, 3.63) is 0 Å². The van der Waals surface area contributed by atoms with Crippen molar-refractivity contribution in [2.75, 3.05) is 89.2 Å². The Morgan fingerprint density at radius 3 is 1.87 bits per heavy atom. The second-order valence-corrected chi connectivity index (χ2v) is 32.3. The molecule has 12 amide bonds. The van der Waals surface area contributed by atoms with Crippen molar-refractivity contribution in [1.82, 2.24) is 60.0 Å². The zero-order valence-electron chi connectivity index (χ0n) is 63.8. The third-order valence-corrected chi connectivity index (χ3v) is 24.2. The van der Waals surface area contributed by atoms with Crippen molar-refractivity contribution < 1.29 is 79.8 Å². The number of likely N-dealkylation sites (N-methyl/N-ethyl adjacent to an activating group) is 7. The first-order valence-electron chi connectivity index (χ1n) is 38.2. The Bertz CT molecular complexity index is 3040. The number of nitrogens with zero attached hydrogens (tertiary/aromatic N) is 9. The molecule has 13 atom stereocenters. The van der Waals surface area contributed by atoms with Crippen LogP contribution in [0, 0.1) is 35.5 Å². The van der Waals surface area contributed by atoms with Gasteiger partial charge in [-0.05, 0) is 152 Å². The molecule has 588 valence electrons. The monoisotopic (exact) mass is 1490 g/mol. The van der Waals surface area contributed by atoms with E-state index in [1.54, 1.807) is 13.8 Å². The summed E-state index contributed by atoms with van der Waals surface area (Å²) in [6.07, 6.45) is -0.266. The molecule has 0 radical (unpaired) electrons. The SMILES string of the molecule is CCO[C@@H]1C[C@H]2C(=O)NC3(CCC3)C(=O)N(C)[C@@H](C3CCCC3)C(=O)N(C)[C@H](C(=O)N(C)C)CC(=O)N(C)[C@@H](CC(C)C)C(=O)N[C@@H]([C@@H](C)CC)C(=O)N(C)CC(=O)N(C)[C@H]3CCCCCN(C3=O)[C@@H](CC3CCC(F)CC3)C(=O)N(C)CC(=O)N[C@@H](CCC3CCC(C(F)(F)F)C(Cl)C3)C(=O)N2C1. The normalized spacial score (nSPS) is 31.7. The van der Waals surface area contributed by atoms with E-state index in [9.17, 15) is 46.3 Å². The first-order chi connectivity index (χ1) is 48.9. The van der Waals surface area contributed by atoms with Crippen LogP contribution >= 0.6 is 11.6 Å². The van der Waals surface area contributed by atoms with Crippen molar-refractivity contribution in [1.29, 1.82) is 0 Å². The van der Waals surface area contributed by atoms with Crippen molar-refractivity contribution >= 4 is 82.5 Å². The number of carbonyl (C=O) groups is 12. The lowest BCUT2D eigenvalue weighted by molar-refractivity contribution is -0.182. The van der Waals surface area contributed by atoms with E-state index in [2.05, 4.69) is 16.0 Å². The van der Waals surface area contributed by atoms with Crippen LogP contribution in [-0.2, 0) is 62.3 Å². The number of ether oxygens (including phenoxy) is 1. The Balaban J connectivity index is 1.31. The predicted octanol–water partition coefficient (Wildman–Crippen LogP) is 6.06. The molecule has 0 aromatic rings. The minimum Gasteiger partial charge on any atom is -0.377 e. The fraction of sp³-hybridized carbons (Fsp3) is 0.838. The van der Waals surface area contributed by atoms with Gasteiger partial charge in [0.2, 0.25) is 70.9 Å². The molecular formula is C74H119ClF4N12O13. The van der Waals surface area contributed by atoms with Gasteiger partial charge in [0.1, 0.15) is 60.0 Å². The maximum Gasteiger partial charge on any atom is 0.393 e. The van der Waals surface area contributed by atoms with Crippen molar-refractivity contribution in [2.45, 2.75) is 273 Å². The lowest BCUT2D eigenvalue weighted by Gasteiger charge is -2.46. The summed E-state index contributed by atoms with van der Waals surface area (Å²) in [6, 6.07) is -10.2. The van der Waals surface area contributed by atoms with Crippen LogP contribution in [-0.4, -0.2) is 282 Å². The average molecular weight is 1500 g/mol. The van der Waals surface area contributed by atoms with Crippen LogP contribution in [0.4, 0.5) is 17.6 Å². The molecule has 2 bridgehead atoms. The van der Waals surface area contributed by atoms with Gasteiger partial charge in [-0.1, -0.05) is 59.8 Å². The van der Waals surface area contributed by atoms with Gasteiger partial charge in [-0.15, -0.1) is 11.6 Å². The Kier molecular flexibility index (Phi) is 30.5. The zero-order valence-corrected chi connectivity index (χ0v) is 64.5. The number of hydrogen-bond acceptors (Lipinski definition) is 13. The molecule has 4 saturated carbocycles. The lowest BCUT2D eigenvalue weighted by atomic mass is 9.74. The van der Waals surface area contributed by atoms with E-state index in [0.29, 0.717) is 57.8 Å². The number of nitrogens with one attached hydrogen (secondary N) is 3. The van der Waals surface area contributed by atoms with Gasteiger partial charge < -0.3 is 64.8 Å². The lowest BCUT2D eigenvalue weighted by Crippen LogP contribution is -2.68. The summed E-state index contributed by atoms with van der Waals surface area (Å²) in [5.41, 5.74) is -1.59. The van der Waals surface area contributed by atoms with Gasteiger partial charge in [0.25, 0.3) is 0 Å². The van der Waals surface area contributed by atoms with Crippen LogP contribution in [0.2, 0.25) is 0 Å².